The third kappa shape index (κ3) is 4.31. The lowest BCUT2D eigenvalue weighted by atomic mass is 10.0. The number of carbonyl (C=O) groups is 1. The van der Waals surface area contributed by atoms with Crippen LogP contribution in [0, 0.1) is 0 Å². The molecule has 0 spiro atoms. The standard InChI is InChI=1S/C22H33N7O2/c1-21(2,3)29-18(25-17-8-11-24-19(23-5)26-17)13-16(27-29)14-6-7-15(12-14)28(20(30)31)22(4)9-10-22/h8,11,13-15H,6-7,9-10,12H2,1-5H3,(H,30,31)(H2,23,24,25,26)/t14-,15+/m0/s1. The lowest BCUT2D eigenvalue weighted by Crippen LogP contribution is -2.45. The van der Waals surface area contributed by atoms with Crippen molar-refractivity contribution in [3.05, 3.63) is 24.0 Å². The average Bonchev–Trinajstić information content (AvgIpc) is 3.08. The molecule has 0 aromatic carbocycles. The number of rotatable bonds is 6. The van der Waals surface area contributed by atoms with Gasteiger partial charge in [0.1, 0.15) is 11.6 Å². The lowest BCUT2D eigenvalue weighted by molar-refractivity contribution is 0.0955. The van der Waals surface area contributed by atoms with Gasteiger partial charge < -0.3 is 15.7 Å². The summed E-state index contributed by atoms with van der Waals surface area (Å²) in [7, 11) is 1.79. The minimum atomic E-state index is -0.794. The number of amides is 1. The molecule has 1 amide bonds. The molecule has 0 radical (unpaired) electrons. The van der Waals surface area contributed by atoms with Crippen molar-refractivity contribution in [3.63, 3.8) is 0 Å². The maximum absolute atomic E-state index is 11.9. The molecule has 0 unspecified atom stereocenters. The Morgan fingerprint density at radius 1 is 1.32 bits per heavy atom. The summed E-state index contributed by atoms with van der Waals surface area (Å²) in [5.74, 6) is 2.36. The molecule has 2 aromatic heterocycles. The maximum atomic E-state index is 11.9. The molecule has 0 bridgehead atoms. The molecule has 2 fully saturated rings. The van der Waals surface area contributed by atoms with Gasteiger partial charge in [-0.1, -0.05) is 0 Å². The van der Waals surface area contributed by atoms with Crippen LogP contribution in [0.1, 0.15) is 71.4 Å². The van der Waals surface area contributed by atoms with Crippen molar-refractivity contribution in [2.75, 3.05) is 17.7 Å². The first-order chi connectivity index (χ1) is 14.6. The monoisotopic (exact) mass is 427 g/mol. The first-order valence-electron chi connectivity index (χ1n) is 11.0. The fourth-order valence-electron chi connectivity index (χ4n) is 4.59. The highest BCUT2D eigenvalue weighted by Gasteiger charge is 2.50. The van der Waals surface area contributed by atoms with Crippen molar-refractivity contribution in [1.82, 2.24) is 24.6 Å². The van der Waals surface area contributed by atoms with E-state index in [9.17, 15) is 9.90 Å². The number of hydrogen-bond donors (Lipinski definition) is 3. The highest BCUT2D eigenvalue weighted by atomic mass is 16.4. The van der Waals surface area contributed by atoms with Crippen molar-refractivity contribution in [3.8, 4) is 0 Å². The zero-order valence-electron chi connectivity index (χ0n) is 19.0. The lowest BCUT2D eigenvalue weighted by Gasteiger charge is -2.32. The molecule has 9 heteroatoms. The zero-order valence-corrected chi connectivity index (χ0v) is 19.0. The average molecular weight is 428 g/mol. The van der Waals surface area contributed by atoms with E-state index in [1.165, 1.54) is 0 Å². The van der Waals surface area contributed by atoms with Crippen LogP contribution in [0.25, 0.3) is 0 Å². The molecule has 2 aromatic rings. The van der Waals surface area contributed by atoms with Gasteiger partial charge in [0, 0.05) is 36.8 Å². The van der Waals surface area contributed by atoms with Crippen LogP contribution < -0.4 is 10.6 Å². The van der Waals surface area contributed by atoms with E-state index >= 15 is 0 Å². The predicted octanol–water partition coefficient (Wildman–Crippen LogP) is 4.38. The Balaban J connectivity index is 1.57. The Hall–Kier alpha value is -2.84. The van der Waals surface area contributed by atoms with Crippen LogP contribution in [0.4, 0.5) is 22.4 Å². The summed E-state index contributed by atoms with van der Waals surface area (Å²) in [5, 5.41) is 21.1. The second kappa shape index (κ2) is 7.69. The van der Waals surface area contributed by atoms with E-state index in [0.29, 0.717) is 11.8 Å². The van der Waals surface area contributed by atoms with Gasteiger partial charge in [-0.3, -0.25) is 4.90 Å². The number of carboxylic acid groups (broad SMARTS) is 1. The van der Waals surface area contributed by atoms with Crippen LogP contribution >= 0.6 is 0 Å². The Kier molecular flexibility index (Phi) is 5.31. The van der Waals surface area contributed by atoms with E-state index in [1.54, 1.807) is 18.1 Å². The minimum Gasteiger partial charge on any atom is -0.465 e. The highest BCUT2D eigenvalue weighted by molar-refractivity contribution is 5.67. The molecule has 9 nitrogen and oxygen atoms in total. The second-order valence-electron chi connectivity index (χ2n) is 9.99. The van der Waals surface area contributed by atoms with Crippen LogP contribution in [0.5, 0.6) is 0 Å². The largest absolute Gasteiger partial charge is 0.465 e. The molecule has 2 saturated carbocycles. The van der Waals surface area contributed by atoms with E-state index < -0.39 is 6.09 Å². The van der Waals surface area contributed by atoms with Gasteiger partial charge in [0.15, 0.2) is 0 Å². The first kappa shape index (κ1) is 21.4. The molecular weight excluding hydrogens is 394 g/mol. The number of nitrogens with zero attached hydrogens (tertiary/aromatic N) is 5. The fourth-order valence-corrected chi connectivity index (χ4v) is 4.59. The minimum absolute atomic E-state index is 0.0613. The Bertz CT molecular complexity index is 961. The number of aromatic nitrogens is 4. The number of nitrogens with one attached hydrogen (secondary N) is 2. The zero-order chi connectivity index (χ0) is 22.4. The van der Waals surface area contributed by atoms with E-state index in [2.05, 4.69) is 54.4 Å². The van der Waals surface area contributed by atoms with Crippen LogP contribution in [0.3, 0.4) is 0 Å². The van der Waals surface area contributed by atoms with E-state index in [-0.39, 0.29) is 23.0 Å². The summed E-state index contributed by atoms with van der Waals surface area (Å²) < 4.78 is 1.99. The van der Waals surface area contributed by atoms with Crippen molar-refractivity contribution < 1.29 is 9.90 Å². The van der Waals surface area contributed by atoms with Gasteiger partial charge in [0.05, 0.1) is 11.2 Å². The molecule has 0 aliphatic heterocycles. The third-order valence-corrected chi connectivity index (χ3v) is 6.45. The van der Waals surface area contributed by atoms with Gasteiger partial charge >= 0.3 is 6.09 Å². The van der Waals surface area contributed by atoms with Crippen LogP contribution in [-0.2, 0) is 5.54 Å². The third-order valence-electron chi connectivity index (χ3n) is 6.45. The van der Waals surface area contributed by atoms with E-state index in [1.807, 2.05) is 10.7 Å². The van der Waals surface area contributed by atoms with Gasteiger partial charge in [0.25, 0.3) is 0 Å². The van der Waals surface area contributed by atoms with Crippen molar-refractivity contribution >= 4 is 23.7 Å². The molecule has 4 rings (SSSR count). The summed E-state index contributed by atoms with van der Waals surface area (Å²) in [5.41, 5.74) is 0.613. The molecule has 0 saturated heterocycles. The van der Waals surface area contributed by atoms with E-state index in [4.69, 9.17) is 5.10 Å². The Morgan fingerprint density at radius 3 is 2.68 bits per heavy atom. The van der Waals surface area contributed by atoms with Crippen molar-refractivity contribution in [2.24, 2.45) is 0 Å². The highest BCUT2D eigenvalue weighted by Crippen LogP contribution is 2.47. The number of anilines is 3. The van der Waals surface area contributed by atoms with Gasteiger partial charge in [-0.25, -0.2) is 14.5 Å². The molecule has 2 aliphatic rings. The molecule has 2 atom stereocenters. The van der Waals surface area contributed by atoms with Crippen LogP contribution in [0.2, 0.25) is 0 Å². The topological polar surface area (TPSA) is 108 Å². The summed E-state index contributed by atoms with van der Waals surface area (Å²) in [6.45, 7) is 8.41. The number of hydrogen-bond acceptors (Lipinski definition) is 6. The summed E-state index contributed by atoms with van der Waals surface area (Å²) in [6, 6.07) is 3.97. The Morgan fingerprint density at radius 2 is 2.06 bits per heavy atom. The molecular formula is C22H33N7O2. The normalized spacial score (nSPS) is 22.2. The van der Waals surface area contributed by atoms with Gasteiger partial charge in [-0.2, -0.15) is 10.1 Å². The second-order valence-corrected chi connectivity index (χ2v) is 9.99. The van der Waals surface area contributed by atoms with Gasteiger partial charge in [0.2, 0.25) is 5.95 Å². The van der Waals surface area contributed by atoms with Crippen LogP contribution in [-0.4, -0.2) is 54.5 Å². The SMILES string of the molecule is CNc1nccc(Nc2cc([C@H]3CC[C@@H](N(C(=O)O)C4(C)CC4)C3)nn2C(C)(C)C)n1. The molecule has 31 heavy (non-hydrogen) atoms. The summed E-state index contributed by atoms with van der Waals surface area (Å²) in [6.07, 6.45) is 5.48. The first-order valence-corrected chi connectivity index (χ1v) is 11.0. The van der Waals surface area contributed by atoms with Crippen LogP contribution in [0.15, 0.2) is 18.3 Å². The predicted molar refractivity (Wildman–Crippen MR) is 120 cm³/mol. The fraction of sp³-hybridized carbons (Fsp3) is 0.636. The summed E-state index contributed by atoms with van der Waals surface area (Å²) in [4.78, 5) is 22.3. The van der Waals surface area contributed by atoms with Gasteiger partial charge in [-0.05, 0) is 65.9 Å². The van der Waals surface area contributed by atoms with Gasteiger partial charge in [-0.15, -0.1) is 0 Å². The van der Waals surface area contributed by atoms with Crippen molar-refractivity contribution in [1.29, 1.82) is 0 Å². The maximum Gasteiger partial charge on any atom is 0.408 e. The molecule has 2 aliphatic carbocycles. The smallest absolute Gasteiger partial charge is 0.408 e. The summed E-state index contributed by atoms with van der Waals surface area (Å²) >= 11 is 0. The Labute approximate surface area is 183 Å². The van der Waals surface area contributed by atoms with E-state index in [0.717, 1.165) is 43.6 Å². The quantitative estimate of drug-likeness (QED) is 0.628. The molecule has 2 heterocycles. The van der Waals surface area contributed by atoms with Crippen molar-refractivity contribution in [2.45, 2.75) is 82.8 Å². The molecule has 168 valence electrons. The molecule has 3 N–H and O–H groups in total.